The molecule has 1 unspecified atom stereocenters. The van der Waals surface area contributed by atoms with Gasteiger partial charge in [0, 0.05) is 43.0 Å². The Kier molecular flexibility index (Phi) is 4.83. The number of ether oxygens (including phenoxy) is 3. The van der Waals surface area contributed by atoms with E-state index in [0.29, 0.717) is 17.2 Å². The first-order chi connectivity index (χ1) is 10.1. The summed E-state index contributed by atoms with van der Waals surface area (Å²) in [4.78, 5) is 2.37. The maximum Gasteiger partial charge on any atom is 0.203 e. The van der Waals surface area contributed by atoms with Gasteiger partial charge in [-0.05, 0) is 13.3 Å². The molecule has 0 aromatic heterocycles. The van der Waals surface area contributed by atoms with Crippen LogP contribution in [0.15, 0.2) is 12.1 Å². The second-order valence-corrected chi connectivity index (χ2v) is 5.65. The molecule has 1 aromatic rings. The summed E-state index contributed by atoms with van der Waals surface area (Å²) in [7, 11) is 4.92. The quantitative estimate of drug-likeness (QED) is 0.902. The molecular weight excluding hydrogens is 268 g/mol. The number of benzene rings is 1. The highest BCUT2D eigenvalue weighted by Crippen LogP contribution is 2.41. The topological polar surface area (TPSA) is 43.0 Å². The fourth-order valence-corrected chi connectivity index (χ4v) is 2.76. The summed E-state index contributed by atoms with van der Waals surface area (Å²) in [6.45, 7) is 7.38. The van der Waals surface area contributed by atoms with Gasteiger partial charge in [-0.1, -0.05) is 6.92 Å². The maximum atomic E-state index is 5.44. The molecule has 1 fully saturated rings. The van der Waals surface area contributed by atoms with E-state index in [4.69, 9.17) is 14.2 Å². The number of hydrogen-bond acceptors (Lipinski definition) is 5. The summed E-state index contributed by atoms with van der Waals surface area (Å²) in [6.07, 6.45) is 1.09. The van der Waals surface area contributed by atoms with Crippen molar-refractivity contribution >= 4 is 5.69 Å². The normalized spacial score (nSPS) is 22.0. The van der Waals surface area contributed by atoms with Gasteiger partial charge in [0.15, 0.2) is 11.5 Å². The molecule has 1 atom stereocenters. The van der Waals surface area contributed by atoms with Gasteiger partial charge in [-0.25, -0.2) is 0 Å². The Morgan fingerprint density at radius 1 is 1.14 bits per heavy atom. The predicted octanol–water partition coefficient (Wildman–Crippen LogP) is 2.29. The Morgan fingerprint density at radius 3 is 2.24 bits per heavy atom. The first kappa shape index (κ1) is 15.8. The van der Waals surface area contributed by atoms with Crippen LogP contribution in [0.25, 0.3) is 0 Å². The lowest BCUT2D eigenvalue weighted by Gasteiger charge is -2.42. The minimum atomic E-state index is 0.138. The van der Waals surface area contributed by atoms with Crippen molar-refractivity contribution in [1.29, 1.82) is 0 Å². The molecule has 0 aliphatic carbocycles. The third kappa shape index (κ3) is 3.18. The van der Waals surface area contributed by atoms with Crippen LogP contribution in [0.3, 0.4) is 0 Å². The van der Waals surface area contributed by atoms with Crippen molar-refractivity contribution < 1.29 is 14.2 Å². The van der Waals surface area contributed by atoms with E-state index in [2.05, 4.69) is 24.1 Å². The highest BCUT2D eigenvalue weighted by atomic mass is 16.5. The third-order valence-electron chi connectivity index (χ3n) is 4.27. The summed E-state index contributed by atoms with van der Waals surface area (Å²) in [5.41, 5.74) is 1.24. The molecule has 0 spiro atoms. The van der Waals surface area contributed by atoms with Crippen LogP contribution in [-0.2, 0) is 0 Å². The van der Waals surface area contributed by atoms with E-state index in [9.17, 15) is 0 Å². The Morgan fingerprint density at radius 2 is 1.76 bits per heavy atom. The molecule has 5 heteroatoms. The van der Waals surface area contributed by atoms with E-state index in [1.807, 2.05) is 12.1 Å². The molecule has 21 heavy (non-hydrogen) atoms. The van der Waals surface area contributed by atoms with Crippen molar-refractivity contribution in [3.05, 3.63) is 12.1 Å². The molecule has 0 amide bonds. The zero-order chi connectivity index (χ0) is 15.5. The number of rotatable bonds is 5. The monoisotopic (exact) mass is 294 g/mol. The summed E-state index contributed by atoms with van der Waals surface area (Å²) >= 11 is 0. The molecule has 1 aliphatic heterocycles. The smallest absolute Gasteiger partial charge is 0.203 e. The fourth-order valence-electron chi connectivity index (χ4n) is 2.76. The van der Waals surface area contributed by atoms with Gasteiger partial charge in [-0.3, -0.25) is 0 Å². The van der Waals surface area contributed by atoms with Gasteiger partial charge in [-0.15, -0.1) is 0 Å². The highest BCUT2D eigenvalue weighted by molar-refractivity contribution is 5.64. The van der Waals surface area contributed by atoms with Crippen LogP contribution >= 0.6 is 0 Å². The Bertz CT molecular complexity index is 467. The Balaban J connectivity index is 2.35. The minimum Gasteiger partial charge on any atom is -0.493 e. The molecule has 0 radical (unpaired) electrons. The average molecular weight is 294 g/mol. The molecule has 1 heterocycles. The molecule has 1 aliphatic rings. The van der Waals surface area contributed by atoms with Crippen molar-refractivity contribution in [2.45, 2.75) is 25.8 Å². The lowest BCUT2D eigenvalue weighted by Crippen LogP contribution is -2.58. The zero-order valence-electron chi connectivity index (χ0n) is 13.7. The van der Waals surface area contributed by atoms with Crippen LogP contribution in [0, 0.1) is 0 Å². The van der Waals surface area contributed by atoms with Crippen molar-refractivity contribution in [3.63, 3.8) is 0 Å². The lowest BCUT2D eigenvalue weighted by atomic mass is 9.95. The number of methoxy groups -OCH3 is 3. The molecule has 1 N–H and O–H groups in total. The number of nitrogens with one attached hydrogen (secondary N) is 1. The maximum absolute atomic E-state index is 5.44. The Labute approximate surface area is 127 Å². The standard InChI is InChI=1S/C16H26N2O3/c1-6-16(2)11-18(8-7-17-16)12-9-13(19-3)15(21-5)14(10-12)20-4/h9-10,17H,6-8,11H2,1-5H3. The highest BCUT2D eigenvalue weighted by Gasteiger charge is 2.29. The molecule has 118 valence electrons. The zero-order valence-corrected chi connectivity index (χ0v) is 13.7. The molecular formula is C16H26N2O3. The predicted molar refractivity (Wildman–Crippen MR) is 85.0 cm³/mol. The minimum absolute atomic E-state index is 0.138. The van der Waals surface area contributed by atoms with Gasteiger partial charge in [-0.2, -0.15) is 0 Å². The number of nitrogens with zero attached hydrogens (tertiary/aromatic N) is 1. The molecule has 1 aromatic carbocycles. The van der Waals surface area contributed by atoms with E-state index >= 15 is 0 Å². The Hall–Kier alpha value is -1.62. The van der Waals surface area contributed by atoms with Crippen LogP contribution in [0.4, 0.5) is 5.69 Å². The van der Waals surface area contributed by atoms with Crippen LogP contribution in [0.2, 0.25) is 0 Å². The van der Waals surface area contributed by atoms with Gasteiger partial charge in [0.25, 0.3) is 0 Å². The van der Waals surface area contributed by atoms with Crippen LogP contribution < -0.4 is 24.4 Å². The second kappa shape index (κ2) is 6.43. The van der Waals surface area contributed by atoms with E-state index in [1.165, 1.54) is 0 Å². The van der Waals surface area contributed by atoms with Crippen molar-refractivity contribution in [2.75, 3.05) is 45.9 Å². The van der Waals surface area contributed by atoms with Gasteiger partial charge in [0.1, 0.15) is 0 Å². The van der Waals surface area contributed by atoms with E-state index in [-0.39, 0.29) is 5.54 Å². The van der Waals surface area contributed by atoms with Crippen molar-refractivity contribution in [2.24, 2.45) is 0 Å². The molecule has 0 saturated carbocycles. The molecule has 2 rings (SSSR count). The van der Waals surface area contributed by atoms with Crippen LogP contribution in [0.1, 0.15) is 20.3 Å². The number of anilines is 1. The van der Waals surface area contributed by atoms with Gasteiger partial charge >= 0.3 is 0 Å². The summed E-state index contributed by atoms with van der Waals surface area (Å²) in [5, 5.41) is 3.60. The largest absolute Gasteiger partial charge is 0.493 e. The average Bonchev–Trinajstić information content (AvgIpc) is 2.53. The second-order valence-electron chi connectivity index (χ2n) is 5.65. The van der Waals surface area contributed by atoms with Gasteiger partial charge in [0.2, 0.25) is 5.75 Å². The molecule has 5 nitrogen and oxygen atoms in total. The first-order valence-electron chi connectivity index (χ1n) is 7.37. The first-order valence-corrected chi connectivity index (χ1v) is 7.37. The van der Waals surface area contributed by atoms with E-state index in [0.717, 1.165) is 31.7 Å². The summed E-state index contributed by atoms with van der Waals surface area (Å²) in [5.74, 6) is 2.03. The summed E-state index contributed by atoms with van der Waals surface area (Å²) in [6, 6.07) is 4.03. The van der Waals surface area contributed by atoms with E-state index < -0.39 is 0 Å². The third-order valence-corrected chi connectivity index (χ3v) is 4.27. The fraction of sp³-hybridized carbons (Fsp3) is 0.625. The molecule has 1 saturated heterocycles. The van der Waals surface area contributed by atoms with E-state index in [1.54, 1.807) is 21.3 Å². The SMILES string of the molecule is CCC1(C)CN(c2cc(OC)c(OC)c(OC)c2)CCN1. The van der Waals surface area contributed by atoms with Gasteiger partial charge in [0.05, 0.1) is 21.3 Å². The molecule has 0 bridgehead atoms. The summed E-state index contributed by atoms with van der Waals surface area (Å²) < 4.78 is 16.3. The lowest BCUT2D eigenvalue weighted by molar-refractivity contribution is 0.311. The van der Waals surface area contributed by atoms with Crippen molar-refractivity contribution in [3.8, 4) is 17.2 Å². The number of piperazine rings is 1. The van der Waals surface area contributed by atoms with Crippen LogP contribution in [0.5, 0.6) is 17.2 Å². The van der Waals surface area contributed by atoms with Gasteiger partial charge < -0.3 is 24.4 Å². The van der Waals surface area contributed by atoms with Crippen molar-refractivity contribution in [1.82, 2.24) is 5.32 Å². The van der Waals surface area contributed by atoms with Crippen LogP contribution in [-0.4, -0.2) is 46.5 Å². The number of hydrogen-bond donors (Lipinski definition) is 1.